The quantitative estimate of drug-likeness (QED) is 0.683. The first-order chi connectivity index (χ1) is 7.54. The van der Waals surface area contributed by atoms with Gasteiger partial charge in [0, 0.05) is 12.6 Å². The van der Waals surface area contributed by atoms with E-state index in [1.165, 1.54) is 12.8 Å². The zero-order chi connectivity index (χ0) is 12.1. The molecule has 16 heavy (non-hydrogen) atoms. The first kappa shape index (κ1) is 13.5. The summed E-state index contributed by atoms with van der Waals surface area (Å²) in [5.74, 6) is 0.650. The monoisotopic (exact) mass is 229 g/mol. The van der Waals surface area contributed by atoms with Gasteiger partial charge in [0.15, 0.2) is 0 Å². The molecule has 4 heteroatoms. The zero-order valence-corrected chi connectivity index (χ0v) is 10.4. The molecule has 0 saturated heterocycles. The number of aliphatic hydroxyl groups is 1. The van der Waals surface area contributed by atoms with Crippen LogP contribution in [-0.2, 0) is 9.53 Å². The average molecular weight is 229 g/mol. The molecule has 0 aliphatic heterocycles. The van der Waals surface area contributed by atoms with E-state index < -0.39 is 6.10 Å². The van der Waals surface area contributed by atoms with Crippen molar-refractivity contribution in [1.29, 1.82) is 0 Å². The number of nitrogens with one attached hydrogen (secondary N) is 1. The number of amides is 1. The van der Waals surface area contributed by atoms with Crippen molar-refractivity contribution in [1.82, 2.24) is 5.32 Å². The first-order valence-corrected chi connectivity index (χ1v) is 6.07. The Morgan fingerprint density at radius 1 is 1.44 bits per heavy atom. The second kappa shape index (κ2) is 6.21. The van der Waals surface area contributed by atoms with Gasteiger partial charge in [0.05, 0.1) is 6.61 Å². The van der Waals surface area contributed by atoms with E-state index >= 15 is 0 Å². The van der Waals surface area contributed by atoms with Gasteiger partial charge in [0.2, 0.25) is 5.91 Å². The smallest absolute Gasteiger partial charge is 0.249 e. The molecule has 0 aromatic rings. The number of aliphatic hydroxyl groups excluding tert-OH is 1. The number of rotatable bonds is 7. The molecule has 0 radical (unpaired) electrons. The van der Waals surface area contributed by atoms with Crippen LogP contribution in [0.25, 0.3) is 0 Å². The minimum absolute atomic E-state index is 0.0236. The van der Waals surface area contributed by atoms with E-state index in [1.807, 2.05) is 13.8 Å². The summed E-state index contributed by atoms with van der Waals surface area (Å²) in [4.78, 5) is 11.7. The third kappa shape index (κ3) is 4.49. The highest BCUT2D eigenvalue weighted by molar-refractivity contribution is 5.80. The molecule has 2 N–H and O–H groups in total. The molecule has 3 atom stereocenters. The van der Waals surface area contributed by atoms with E-state index in [0.29, 0.717) is 12.5 Å². The minimum Gasteiger partial charge on any atom is -0.396 e. The van der Waals surface area contributed by atoms with Crippen molar-refractivity contribution in [3.05, 3.63) is 0 Å². The summed E-state index contributed by atoms with van der Waals surface area (Å²) in [5, 5.41) is 11.8. The standard InChI is InChI=1S/C12H23NO3/c1-8(6-14)9(2)13-12(15)10(3)16-7-11-4-5-11/h8-11,14H,4-7H2,1-3H3,(H,13,15). The number of hydrogen-bond acceptors (Lipinski definition) is 3. The first-order valence-electron chi connectivity index (χ1n) is 6.07. The minimum atomic E-state index is -0.394. The normalized spacial score (nSPS) is 21.2. The van der Waals surface area contributed by atoms with Gasteiger partial charge in [-0.3, -0.25) is 4.79 Å². The largest absolute Gasteiger partial charge is 0.396 e. The maximum Gasteiger partial charge on any atom is 0.249 e. The second-order valence-electron chi connectivity index (χ2n) is 4.88. The van der Waals surface area contributed by atoms with Crippen molar-refractivity contribution in [2.45, 2.75) is 45.8 Å². The molecule has 0 aromatic heterocycles. The van der Waals surface area contributed by atoms with Crippen LogP contribution in [0, 0.1) is 11.8 Å². The Morgan fingerprint density at radius 2 is 2.06 bits per heavy atom. The Balaban J connectivity index is 2.20. The van der Waals surface area contributed by atoms with E-state index in [0.717, 1.165) is 0 Å². The molecule has 94 valence electrons. The fraction of sp³-hybridized carbons (Fsp3) is 0.917. The highest BCUT2D eigenvalue weighted by atomic mass is 16.5. The fourth-order valence-electron chi connectivity index (χ4n) is 1.28. The average Bonchev–Trinajstić information content (AvgIpc) is 3.08. The second-order valence-corrected chi connectivity index (χ2v) is 4.88. The van der Waals surface area contributed by atoms with Crippen molar-refractivity contribution in [3.63, 3.8) is 0 Å². The molecular formula is C12H23NO3. The third-order valence-corrected chi connectivity index (χ3v) is 3.16. The van der Waals surface area contributed by atoms with Gasteiger partial charge in [0.25, 0.3) is 0 Å². The van der Waals surface area contributed by atoms with Crippen LogP contribution in [0.2, 0.25) is 0 Å². The lowest BCUT2D eigenvalue weighted by atomic mass is 10.1. The van der Waals surface area contributed by atoms with E-state index in [9.17, 15) is 4.79 Å². The predicted molar refractivity (Wildman–Crippen MR) is 62.0 cm³/mol. The molecule has 1 amide bonds. The lowest BCUT2D eigenvalue weighted by Crippen LogP contribution is -2.43. The fourth-order valence-corrected chi connectivity index (χ4v) is 1.28. The van der Waals surface area contributed by atoms with Crippen LogP contribution >= 0.6 is 0 Å². The molecule has 0 spiro atoms. The van der Waals surface area contributed by atoms with Gasteiger partial charge in [-0.05, 0) is 38.5 Å². The SMILES string of the molecule is CC(OCC1CC1)C(=O)NC(C)C(C)CO. The Labute approximate surface area is 97.4 Å². The molecule has 3 unspecified atom stereocenters. The van der Waals surface area contributed by atoms with Gasteiger partial charge in [0.1, 0.15) is 6.10 Å². The van der Waals surface area contributed by atoms with Crippen LogP contribution in [0.15, 0.2) is 0 Å². The van der Waals surface area contributed by atoms with Crippen LogP contribution < -0.4 is 5.32 Å². The summed E-state index contributed by atoms with van der Waals surface area (Å²) in [6.45, 7) is 6.35. The van der Waals surface area contributed by atoms with E-state index in [1.54, 1.807) is 6.92 Å². The van der Waals surface area contributed by atoms with Gasteiger partial charge >= 0.3 is 0 Å². The van der Waals surface area contributed by atoms with Gasteiger partial charge in [-0.1, -0.05) is 6.92 Å². The molecule has 0 aromatic carbocycles. The topological polar surface area (TPSA) is 58.6 Å². The van der Waals surface area contributed by atoms with E-state index in [2.05, 4.69) is 5.32 Å². The van der Waals surface area contributed by atoms with Crippen LogP contribution in [0.4, 0.5) is 0 Å². The van der Waals surface area contributed by atoms with Crippen molar-refractivity contribution in [2.24, 2.45) is 11.8 Å². The van der Waals surface area contributed by atoms with Crippen LogP contribution in [0.3, 0.4) is 0 Å². The highest BCUT2D eigenvalue weighted by Gasteiger charge is 2.24. The molecule has 1 saturated carbocycles. The van der Waals surface area contributed by atoms with Crippen molar-refractivity contribution >= 4 is 5.91 Å². The van der Waals surface area contributed by atoms with Gasteiger partial charge in [-0.2, -0.15) is 0 Å². The van der Waals surface area contributed by atoms with Gasteiger partial charge < -0.3 is 15.2 Å². The number of ether oxygens (including phenoxy) is 1. The Bertz CT molecular complexity index is 228. The number of carbonyl (C=O) groups excluding carboxylic acids is 1. The summed E-state index contributed by atoms with van der Waals surface area (Å²) in [6, 6.07) is -0.0236. The van der Waals surface area contributed by atoms with E-state index in [-0.39, 0.29) is 24.5 Å². The van der Waals surface area contributed by atoms with Gasteiger partial charge in [-0.15, -0.1) is 0 Å². The highest BCUT2D eigenvalue weighted by Crippen LogP contribution is 2.29. The molecule has 1 aliphatic rings. The summed E-state index contributed by atoms with van der Waals surface area (Å²) < 4.78 is 5.47. The summed E-state index contributed by atoms with van der Waals surface area (Å²) >= 11 is 0. The van der Waals surface area contributed by atoms with E-state index in [4.69, 9.17) is 9.84 Å². The predicted octanol–water partition coefficient (Wildman–Crippen LogP) is 0.935. The van der Waals surface area contributed by atoms with Crippen molar-refractivity contribution < 1.29 is 14.6 Å². The van der Waals surface area contributed by atoms with Crippen LogP contribution in [-0.4, -0.2) is 36.4 Å². The van der Waals surface area contributed by atoms with Gasteiger partial charge in [-0.25, -0.2) is 0 Å². The number of carbonyl (C=O) groups is 1. The van der Waals surface area contributed by atoms with Crippen LogP contribution in [0.5, 0.6) is 0 Å². The molecule has 1 rings (SSSR count). The summed E-state index contributed by atoms with van der Waals surface area (Å²) in [6.07, 6.45) is 2.06. The maximum absolute atomic E-state index is 11.7. The van der Waals surface area contributed by atoms with Crippen molar-refractivity contribution in [3.8, 4) is 0 Å². The number of hydrogen-bond donors (Lipinski definition) is 2. The zero-order valence-electron chi connectivity index (χ0n) is 10.4. The molecule has 1 fully saturated rings. The molecule has 0 heterocycles. The summed E-state index contributed by atoms with van der Waals surface area (Å²) in [5.41, 5.74) is 0. The Hall–Kier alpha value is -0.610. The molecule has 1 aliphatic carbocycles. The Morgan fingerprint density at radius 3 is 2.56 bits per heavy atom. The molecular weight excluding hydrogens is 206 g/mol. The lowest BCUT2D eigenvalue weighted by molar-refractivity contribution is -0.133. The Kier molecular flexibility index (Phi) is 5.22. The lowest BCUT2D eigenvalue weighted by Gasteiger charge is -2.21. The van der Waals surface area contributed by atoms with Crippen molar-refractivity contribution in [2.75, 3.05) is 13.2 Å². The molecule has 0 bridgehead atoms. The summed E-state index contributed by atoms with van der Waals surface area (Å²) in [7, 11) is 0. The maximum atomic E-state index is 11.7. The molecule has 4 nitrogen and oxygen atoms in total. The van der Waals surface area contributed by atoms with Crippen LogP contribution in [0.1, 0.15) is 33.6 Å². The third-order valence-electron chi connectivity index (χ3n) is 3.16.